The fourth-order valence-corrected chi connectivity index (χ4v) is 3.33. The summed E-state index contributed by atoms with van der Waals surface area (Å²) >= 11 is 0. The Morgan fingerprint density at radius 2 is 2.19 bits per heavy atom. The third-order valence-corrected chi connectivity index (χ3v) is 5.04. The molecule has 0 radical (unpaired) electrons. The predicted molar refractivity (Wildman–Crippen MR) is 102 cm³/mol. The van der Waals surface area contributed by atoms with E-state index in [-0.39, 0.29) is 35.0 Å². The van der Waals surface area contributed by atoms with Gasteiger partial charge in [0.25, 0.3) is 5.69 Å². The van der Waals surface area contributed by atoms with E-state index in [1.807, 2.05) is 4.90 Å². The summed E-state index contributed by atoms with van der Waals surface area (Å²) in [5, 5.41) is 10.8. The number of nitro groups is 1. The van der Waals surface area contributed by atoms with Gasteiger partial charge < -0.3 is 15.1 Å². The molecule has 1 aromatic heterocycles. The van der Waals surface area contributed by atoms with E-state index >= 15 is 0 Å². The van der Waals surface area contributed by atoms with Gasteiger partial charge in [0.15, 0.2) is 5.58 Å². The maximum atomic E-state index is 12.3. The lowest BCUT2D eigenvalue weighted by Gasteiger charge is -2.22. The first-order valence-corrected chi connectivity index (χ1v) is 8.59. The Labute approximate surface area is 161 Å². The highest BCUT2D eigenvalue weighted by Crippen LogP contribution is 2.29. The van der Waals surface area contributed by atoms with Crippen molar-refractivity contribution in [2.45, 2.75) is 32.7 Å². The van der Waals surface area contributed by atoms with Gasteiger partial charge in [0.2, 0.25) is 5.91 Å². The highest BCUT2D eigenvalue weighted by molar-refractivity contribution is 5.85. The van der Waals surface area contributed by atoms with Gasteiger partial charge in [-0.2, -0.15) is 0 Å². The summed E-state index contributed by atoms with van der Waals surface area (Å²) in [7, 11) is 0. The number of hydrogen-bond donors (Lipinski definition) is 1. The molecule has 1 aliphatic rings. The number of carbonyl (C=O) groups excluding carboxylic acids is 1. The molecule has 0 saturated carbocycles. The minimum absolute atomic E-state index is 0. The van der Waals surface area contributed by atoms with E-state index in [0.717, 1.165) is 6.42 Å². The number of nitrogens with zero attached hydrogens (tertiary/aromatic N) is 3. The van der Waals surface area contributed by atoms with Crippen molar-refractivity contribution in [2.75, 3.05) is 19.6 Å². The van der Waals surface area contributed by atoms with Crippen molar-refractivity contribution in [2.24, 2.45) is 11.1 Å². The molecule has 1 aliphatic heterocycles. The molecule has 10 heteroatoms. The minimum atomic E-state index is -0.579. The molecule has 2 aromatic rings. The molecule has 148 valence electrons. The molecule has 1 saturated heterocycles. The van der Waals surface area contributed by atoms with Crippen LogP contribution in [-0.4, -0.2) is 39.9 Å². The second kappa shape index (κ2) is 8.10. The van der Waals surface area contributed by atoms with E-state index in [1.54, 1.807) is 0 Å². The van der Waals surface area contributed by atoms with Gasteiger partial charge in [-0.15, -0.1) is 12.4 Å². The van der Waals surface area contributed by atoms with Gasteiger partial charge >= 0.3 is 5.76 Å². The molecule has 2 heterocycles. The summed E-state index contributed by atoms with van der Waals surface area (Å²) in [4.78, 5) is 36.4. The van der Waals surface area contributed by atoms with Gasteiger partial charge in [-0.05, 0) is 30.9 Å². The Hall–Kier alpha value is -2.39. The number of oxazole rings is 1. The number of nitrogens with two attached hydrogens (primary N) is 1. The third kappa shape index (κ3) is 4.30. The smallest absolute Gasteiger partial charge is 0.407 e. The van der Waals surface area contributed by atoms with E-state index in [1.165, 1.54) is 22.8 Å². The fourth-order valence-electron chi connectivity index (χ4n) is 3.33. The molecule has 0 aliphatic carbocycles. The van der Waals surface area contributed by atoms with Gasteiger partial charge in [-0.1, -0.05) is 6.92 Å². The van der Waals surface area contributed by atoms with E-state index in [4.69, 9.17) is 10.2 Å². The zero-order chi connectivity index (χ0) is 18.9. The number of fused-ring (bicyclic) bond motifs is 1. The number of non-ortho nitro benzene ring substituents is 1. The average Bonchev–Trinajstić information content (AvgIpc) is 3.15. The van der Waals surface area contributed by atoms with Crippen molar-refractivity contribution in [3.05, 3.63) is 38.9 Å². The number of aryl methyl sites for hydroxylation is 1. The van der Waals surface area contributed by atoms with Crippen LogP contribution >= 0.6 is 12.4 Å². The molecule has 2 N–H and O–H groups in total. The van der Waals surface area contributed by atoms with Crippen LogP contribution in [0, 0.1) is 15.5 Å². The maximum absolute atomic E-state index is 12.3. The molecular weight excluding hydrogens is 376 g/mol. The van der Waals surface area contributed by atoms with Gasteiger partial charge in [0.05, 0.1) is 16.5 Å². The highest BCUT2D eigenvalue weighted by atomic mass is 35.5. The van der Waals surface area contributed by atoms with Gasteiger partial charge in [-0.25, -0.2) is 4.79 Å². The quantitative estimate of drug-likeness (QED) is 0.585. The van der Waals surface area contributed by atoms with Crippen molar-refractivity contribution < 1.29 is 14.1 Å². The largest absolute Gasteiger partial charge is 0.419 e. The summed E-state index contributed by atoms with van der Waals surface area (Å²) in [6.45, 7) is 4.33. The van der Waals surface area contributed by atoms with Crippen molar-refractivity contribution in [3.8, 4) is 0 Å². The number of likely N-dealkylation sites (tertiary alicyclic amines) is 1. The molecular formula is C17H23ClN4O5. The van der Waals surface area contributed by atoms with Gasteiger partial charge in [0.1, 0.15) is 0 Å². The summed E-state index contributed by atoms with van der Waals surface area (Å²) < 4.78 is 6.49. The van der Waals surface area contributed by atoms with Crippen LogP contribution in [0.1, 0.15) is 26.2 Å². The molecule has 1 amide bonds. The van der Waals surface area contributed by atoms with Gasteiger partial charge in [0, 0.05) is 32.1 Å². The molecule has 9 nitrogen and oxygen atoms in total. The first kappa shape index (κ1) is 20.9. The zero-order valence-electron chi connectivity index (χ0n) is 15.1. The fraction of sp³-hybridized carbons (Fsp3) is 0.529. The Balaban J connectivity index is 0.00000261. The number of hydrogen-bond acceptors (Lipinski definition) is 6. The van der Waals surface area contributed by atoms with Crippen LogP contribution in [0.2, 0.25) is 0 Å². The lowest BCUT2D eigenvalue weighted by Crippen LogP contribution is -2.34. The Kier molecular flexibility index (Phi) is 6.27. The van der Waals surface area contributed by atoms with E-state index in [9.17, 15) is 19.7 Å². The monoisotopic (exact) mass is 398 g/mol. The number of aromatic nitrogens is 1. The van der Waals surface area contributed by atoms with E-state index < -0.39 is 10.7 Å². The normalized spacial score (nSPS) is 19.3. The van der Waals surface area contributed by atoms with Crippen LogP contribution in [0.4, 0.5) is 5.69 Å². The maximum Gasteiger partial charge on any atom is 0.419 e. The molecule has 1 unspecified atom stereocenters. The second-order valence-corrected chi connectivity index (χ2v) is 7.11. The van der Waals surface area contributed by atoms with Crippen LogP contribution in [0.5, 0.6) is 0 Å². The predicted octanol–water partition coefficient (Wildman–Crippen LogP) is 1.90. The van der Waals surface area contributed by atoms with Crippen molar-refractivity contribution in [1.82, 2.24) is 9.47 Å². The van der Waals surface area contributed by atoms with Crippen LogP contribution in [-0.2, 0) is 11.3 Å². The topological polar surface area (TPSA) is 125 Å². The Morgan fingerprint density at radius 3 is 2.81 bits per heavy atom. The molecule has 1 atom stereocenters. The van der Waals surface area contributed by atoms with E-state index in [0.29, 0.717) is 44.5 Å². The summed E-state index contributed by atoms with van der Waals surface area (Å²) in [6, 6.07) is 4.06. The number of carbonyl (C=O) groups is 1. The second-order valence-electron chi connectivity index (χ2n) is 7.11. The lowest BCUT2D eigenvalue weighted by molar-refractivity contribution is -0.384. The van der Waals surface area contributed by atoms with E-state index in [2.05, 4.69) is 6.92 Å². The third-order valence-electron chi connectivity index (χ3n) is 5.04. The lowest BCUT2D eigenvalue weighted by atomic mass is 9.90. The van der Waals surface area contributed by atoms with Crippen LogP contribution in [0.25, 0.3) is 11.1 Å². The van der Waals surface area contributed by atoms with Crippen molar-refractivity contribution >= 4 is 35.1 Å². The summed E-state index contributed by atoms with van der Waals surface area (Å²) in [5.41, 5.74) is 6.28. The molecule has 1 aromatic carbocycles. The van der Waals surface area contributed by atoms with Gasteiger partial charge in [-0.3, -0.25) is 19.5 Å². The van der Waals surface area contributed by atoms with Crippen LogP contribution in [0.15, 0.2) is 27.4 Å². The standard InChI is InChI=1S/C17H22N4O5.ClH/c1-17(10-18)6-8-19(11-17)15(22)3-2-7-20-13-5-4-12(21(24)25)9-14(13)26-16(20)23;/h4-5,9H,2-3,6-8,10-11,18H2,1H3;1H. The van der Waals surface area contributed by atoms with Crippen molar-refractivity contribution in [1.29, 1.82) is 0 Å². The van der Waals surface area contributed by atoms with Crippen molar-refractivity contribution in [3.63, 3.8) is 0 Å². The summed E-state index contributed by atoms with van der Waals surface area (Å²) in [6.07, 6.45) is 1.72. The highest BCUT2D eigenvalue weighted by Gasteiger charge is 2.34. The number of rotatable bonds is 6. The molecule has 3 rings (SSSR count). The first-order valence-electron chi connectivity index (χ1n) is 8.59. The van der Waals surface area contributed by atoms with Crippen LogP contribution < -0.4 is 11.5 Å². The van der Waals surface area contributed by atoms with Crippen LogP contribution in [0.3, 0.4) is 0 Å². The average molecular weight is 399 g/mol. The number of amides is 1. The number of benzene rings is 1. The number of nitro benzene ring substituents is 1. The molecule has 1 fully saturated rings. The zero-order valence-corrected chi connectivity index (χ0v) is 15.9. The number of halogens is 1. The molecule has 27 heavy (non-hydrogen) atoms. The molecule has 0 bridgehead atoms. The Bertz CT molecular complexity index is 908. The minimum Gasteiger partial charge on any atom is -0.407 e. The molecule has 0 spiro atoms. The Morgan fingerprint density at radius 1 is 1.44 bits per heavy atom. The first-order chi connectivity index (χ1) is 12.3. The summed E-state index contributed by atoms with van der Waals surface area (Å²) in [5.74, 6) is -0.525. The SMILES string of the molecule is CC1(CN)CCN(C(=O)CCCn2c(=O)oc3cc([N+](=O)[O-])ccc32)C1.Cl.